The second-order valence-electron chi connectivity index (χ2n) is 3.88. The number of nitrogens with zero attached hydrogens (tertiary/aromatic N) is 2. The Bertz CT molecular complexity index is 243. The zero-order valence-corrected chi connectivity index (χ0v) is 9.05. The van der Waals surface area contributed by atoms with Crippen molar-refractivity contribution in [2.24, 2.45) is 4.99 Å². The molecule has 2 heterocycles. The fourth-order valence-corrected chi connectivity index (χ4v) is 3.06. The summed E-state index contributed by atoms with van der Waals surface area (Å²) in [4.78, 5) is 6.70. The Morgan fingerprint density at radius 2 is 2.31 bits per heavy atom. The molecule has 0 bridgehead atoms. The Morgan fingerprint density at radius 1 is 1.54 bits per heavy atom. The Morgan fingerprint density at radius 3 is 2.69 bits per heavy atom. The van der Waals surface area contributed by atoms with Gasteiger partial charge in [-0.3, -0.25) is 9.89 Å². The van der Waals surface area contributed by atoms with Gasteiger partial charge in [0.25, 0.3) is 0 Å². The number of hydrogen-bond donors (Lipinski definition) is 0. The van der Waals surface area contributed by atoms with Crippen LogP contribution in [-0.4, -0.2) is 48.3 Å². The maximum absolute atomic E-state index is 4.39. The molecule has 3 heteroatoms. The van der Waals surface area contributed by atoms with Gasteiger partial charge in [-0.25, -0.2) is 0 Å². The second kappa shape index (κ2) is 3.46. The first kappa shape index (κ1) is 9.28. The highest BCUT2D eigenvalue weighted by Crippen LogP contribution is 2.40. The van der Waals surface area contributed by atoms with Crippen LogP contribution in [0.3, 0.4) is 0 Å². The van der Waals surface area contributed by atoms with Crippen molar-refractivity contribution in [1.82, 2.24) is 4.90 Å². The SMILES string of the molecule is CN(C)C1(C2CCS2)C=CC=NC1. The zero-order valence-electron chi connectivity index (χ0n) is 8.23. The Hall–Kier alpha value is -0.280. The number of thioether (sulfide) groups is 1. The fourth-order valence-electron chi connectivity index (χ4n) is 1.94. The predicted octanol–water partition coefficient (Wildman–Crippen LogP) is 1.43. The van der Waals surface area contributed by atoms with Gasteiger partial charge in [0.2, 0.25) is 0 Å². The quantitative estimate of drug-likeness (QED) is 0.664. The van der Waals surface area contributed by atoms with Gasteiger partial charge in [0.1, 0.15) is 0 Å². The summed E-state index contributed by atoms with van der Waals surface area (Å²) >= 11 is 2.07. The number of rotatable bonds is 2. The summed E-state index contributed by atoms with van der Waals surface area (Å²) in [6.45, 7) is 0.925. The van der Waals surface area contributed by atoms with Crippen molar-refractivity contribution in [3.8, 4) is 0 Å². The van der Waals surface area contributed by atoms with E-state index in [1.807, 2.05) is 6.21 Å². The van der Waals surface area contributed by atoms with E-state index in [1.54, 1.807) is 0 Å². The van der Waals surface area contributed by atoms with E-state index in [1.165, 1.54) is 12.2 Å². The van der Waals surface area contributed by atoms with Crippen molar-refractivity contribution in [3.05, 3.63) is 12.2 Å². The van der Waals surface area contributed by atoms with Gasteiger partial charge in [-0.2, -0.15) is 11.8 Å². The first-order valence-corrected chi connectivity index (χ1v) is 5.77. The molecular weight excluding hydrogens is 180 g/mol. The van der Waals surface area contributed by atoms with Crippen LogP contribution in [-0.2, 0) is 0 Å². The molecule has 72 valence electrons. The molecule has 0 radical (unpaired) electrons. The van der Waals surface area contributed by atoms with Gasteiger partial charge in [0.15, 0.2) is 0 Å². The van der Waals surface area contributed by atoms with E-state index in [4.69, 9.17) is 0 Å². The average molecular weight is 196 g/mol. The van der Waals surface area contributed by atoms with Gasteiger partial charge in [0, 0.05) is 11.5 Å². The van der Waals surface area contributed by atoms with Crippen molar-refractivity contribution in [3.63, 3.8) is 0 Å². The highest BCUT2D eigenvalue weighted by molar-refractivity contribution is 8.01. The molecule has 0 N–H and O–H groups in total. The van der Waals surface area contributed by atoms with Gasteiger partial charge in [-0.05, 0) is 32.3 Å². The van der Waals surface area contributed by atoms with Crippen LogP contribution < -0.4 is 0 Å². The normalized spacial score (nSPS) is 37.9. The van der Waals surface area contributed by atoms with Crippen LogP contribution in [0.2, 0.25) is 0 Å². The van der Waals surface area contributed by atoms with Gasteiger partial charge < -0.3 is 0 Å². The minimum absolute atomic E-state index is 0.192. The standard InChI is InChI=1S/C10H16N2S/c1-12(2)10(9-4-7-13-9)5-3-6-11-8-10/h3,5-6,9H,4,7-8H2,1-2H3. The largest absolute Gasteiger partial charge is 0.298 e. The van der Waals surface area contributed by atoms with Crippen molar-refractivity contribution in [1.29, 1.82) is 0 Å². The first-order chi connectivity index (χ1) is 6.26. The van der Waals surface area contributed by atoms with E-state index in [9.17, 15) is 0 Å². The first-order valence-electron chi connectivity index (χ1n) is 4.72. The highest BCUT2D eigenvalue weighted by atomic mass is 32.2. The highest BCUT2D eigenvalue weighted by Gasteiger charge is 2.42. The summed E-state index contributed by atoms with van der Waals surface area (Å²) in [7, 11) is 4.31. The summed E-state index contributed by atoms with van der Waals surface area (Å²) in [6.07, 6.45) is 7.65. The van der Waals surface area contributed by atoms with Gasteiger partial charge in [-0.1, -0.05) is 6.08 Å². The third-order valence-corrected chi connectivity index (χ3v) is 4.53. The molecule has 0 aromatic carbocycles. The second-order valence-corrected chi connectivity index (χ2v) is 5.19. The Kier molecular flexibility index (Phi) is 2.47. The molecule has 13 heavy (non-hydrogen) atoms. The van der Waals surface area contributed by atoms with Gasteiger partial charge in [0.05, 0.1) is 12.1 Å². The monoisotopic (exact) mass is 196 g/mol. The van der Waals surface area contributed by atoms with E-state index in [0.29, 0.717) is 0 Å². The summed E-state index contributed by atoms with van der Waals surface area (Å²) in [5.74, 6) is 1.32. The topological polar surface area (TPSA) is 15.6 Å². The third kappa shape index (κ3) is 1.44. The molecule has 2 rings (SSSR count). The molecule has 0 spiro atoms. The van der Waals surface area contributed by atoms with Gasteiger partial charge >= 0.3 is 0 Å². The van der Waals surface area contributed by atoms with Crippen LogP contribution in [0.15, 0.2) is 17.1 Å². The lowest BCUT2D eigenvalue weighted by atomic mass is 9.89. The summed E-state index contributed by atoms with van der Waals surface area (Å²) in [5, 5.41) is 0.746. The summed E-state index contributed by atoms with van der Waals surface area (Å²) in [6, 6.07) is 0. The van der Waals surface area contributed by atoms with Crippen molar-refractivity contribution >= 4 is 18.0 Å². The number of allylic oxidation sites excluding steroid dienone is 1. The zero-order chi connectivity index (χ0) is 9.31. The molecule has 1 fully saturated rings. The number of hydrogen-bond acceptors (Lipinski definition) is 3. The van der Waals surface area contributed by atoms with E-state index >= 15 is 0 Å². The minimum atomic E-state index is 0.192. The van der Waals surface area contributed by atoms with Crippen molar-refractivity contribution in [2.75, 3.05) is 26.4 Å². The Balaban J connectivity index is 2.19. The van der Waals surface area contributed by atoms with Crippen molar-refractivity contribution < 1.29 is 0 Å². The fraction of sp³-hybridized carbons (Fsp3) is 0.700. The van der Waals surface area contributed by atoms with E-state index < -0.39 is 0 Å². The van der Waals surface area contributed by atoms with Crippen LogP contribution in [0.4, 0.5) is 0 Å². The minimum Gasteiger partial charge on any atom is -0.298 e. The van der Waals surface area contributed by atoms with Crippen LogP contribution >= 0.6 is 11.8 Å². The van der Waals surface area contributed by atoms with E-state index in [2.05, 4.69) is 47.9 Å². The number of aliphatic imine (C=N–C) groups is 1. The van der Waals surface area contributed by atoms with E-state index in [0.717, 1.165) is 11.8 Å². The van der Waals surface area contributed by atoms with Crippen molar-refractivity contribution in [2.45, 2.75) is 17.2 Å². The lowest BCUT2D eigenvalue weighted by molar-refractivity contribution is 0.202. The number of likely N-dealkylation sites (N-methyl/N-ethyl adjacent to an activating group) is 1. The molecule has 0 aliphatic carbocycles. The molecule has 2 aliphatic heterocycles. The van der Waals surface area contributed by atoms with E-state index in [-0.39, 0.29) is 5.54 Å². The van der Waals surface area contributed by atoms with Crippen LogP contribution in [0.5, 0.6) is 0 Å². The van der Waals surface area contributed by atoms with Crippen LogP contribution in [0, 0.1) is 0 Å². The third-order valence-electron chi connectivity index (χ3n) is 3.01. The molecule has 2 unspecified atom stereocenters. The molecule has 0 saturated carbocycles. The Labute approximate surface area is 84.1 Å². The summed E-state index contributed by atoms with van der Waals surface area (Å²) < 4.78 is 0. The molecule has 0 amide bonds. The molecule has 0 aromatic rings. The summed E-state index contributed by atoms with van der Waals surface area (Å²) in [5.41, 5.74) is 0.192. The maximum atomic E-state index is 4.39. The van der Waals surface area contributed by atoms with Crippen LogP contribution in [0.1, 0.15) is 6.42 Å². The molecule has 0 aromatic heterocycles. The molecule has 2 nitrogen and oxygen atoms in total. The molecular formula is C10H16N2S. The smallest absolute Gasteiger partial charge is 0.0706 e. The molecule has 1 saturated heterocycles. The predicted molar refractivity (Wildman–Crippen MR) is 59.8 cm³/mol. The average Bonchev–Trinajstić information content (AvgIpc) is 2.02. The lowest BCUT2D eigenvalue weighted by Crippen LogP contribution is -2.56. The lowest BCUT2D eigenvalue weighted by Gasteiger charge is -2.47. The number of dihydropyridines is 1. The van der Waals surface area contributed by atoms with Crippen LogP contribution in [0.25, 0.3) is 0 Å². The van der Waals surface area contributed by atoms with Gasteiger partial charge in [-0.15, -0.1) is 0 Å². The maximum Gasteiger partial charge on any atom is 0.0706 e. The molecule has 2 atom stereocenters. The molecule has 2 aliphatic rings.